The van der Waals surface area contributed by atoms with E-state index < -0.39 is 0 Å². The standard InChI is InChI=1S/C12H12BrNOS/c1-8-9(2)16-12(15)14(8)7-10-4-3-5-11(13)6-10/h3-6H,7H2,1-2H3. The molecule has 16 heavy (non-hydrogen) atoms. The van der Waals surface area contributed by atoms with Gasteiger partial charge in [0.05, 0.1) is 6.54 Å². The van der Waals surface area contributed by atoms with Crippen LogP contribution < -0.4 is 4.87 Å². The van der Waals surface area contributed by atoms with Crippen molar-refractivity contribution in [3.8, 4) is 0 Å². The van der Waals surface area contributed by atoms with Crippen LogP contribution in [0.2, 0.25) is 0 Å². The molecular formula is C12H12BrNOS. The summed E-state index contributed by atoms with van der Waals surface area (Å²) in [4.78, 5) is 12.9. The van der Waals surface area contributed by atoms with E-state index in [1.807, 2.05) is 42.7 Å². The quantitative estimate of drug-likeness (QED) is 0.833. The Bertz CT molecular complexity index is 571. The first-order valence-corrected chi connectivity index (χ1v) is 6.60. The lowest BCUT2D eigenvalue weighted by molar-refractivity contribution is 0.751. The Morgan fingerprint density at radius 2 is 2.12 bits per heavy atom. The molecule has 0 radical (unpaired) electrons. The van der Waals surface area contributed by atoms with Gasteiger partial charge >= 0.3 is 4.87 Å². The van der Waals surface area contributed by atoms with Crippen molar-refractivity contribution in [2.45, 2.75) is 20.4 Å². The van der Waals surface area contributed by atoms with E-state index in [-0.39, 0.29) is 4.87 Å². The summed E-state index contributed by atoms with van der Waals surface area (Å²) in [6.45, 7) is 4.62. The molecule has 0 saturated heterocycles. The molecule has 0 N–H and O–H groups in total. The third-order valence-corrected chi connectivity index (χ3v) is 4.09. The van der Waals surface area contributed by atoms with Gasteiger partial charge in [-0.25, -0.2) is 0 Å². The minimum absolute atomic E-state index is 0.120. The molecule has 0 amide bonds. The van der Waals surface area contributed by atoms with Gasteiger partial charge in [-0.3, -0.25) is 9.36 Å². The Kier molecular flexibility index (Phi) is 3.30. The van der Waals surface area contributed by atoms with Crippen LogP contribution >= 0.6 is 27.3 Å². The molecule has 2 rings (SSSR count). The number of hydrogen-bond donors (Lipinski definition) is 0. The number of benzene rings is 1. The van der Waals surface area contributed by atoms with Crippen molar-refractivity contribution in [1.29, 1.82) is 0 Å². The number of nitrogens with zero attached hydrogens (tertiary/aromatic N) is 1. The van der Waals surface area contributed by atoms with Crippen LogP contribution in [0.25, 0.3) is 0 Å². The average molecular weight is 298 g/mol. The molecule has 0 bridgehead atoms. The van der Waals surface area contributed by atoms with E-state index in [9.17, 15) is 4.79 Å². The predicted molar refractivity (Wildman–Crippen MR) is 71.3 cm³/mol. The van der Waals surface area contributed by atoms with Crippen molar-refractivity contribution in [1.82, 2.24) is 4.57 Å². The molecule has 0 aliphatic heterocycles. The Hall–Kier alpha value is -0.870. The van der Waals surface area contributed by atoms with Gasteiger partial charge in [-0.05, 0) is 31.5 Å². The molecule has 1 heterocycles. The van der Waals surface area contributed by atoms with Gasteiger partial charge in [0.25, 0.3) is 0 Å². The van der Waals surface area contributed by atoms with Crippen molar-refractivity contribution < 1.29 is 0 Å². The SMILES string of the molecule is Cc1sc(=O)n(Cc2cccc(Br)c2)c1C. The second-order valence-electron chi connectivity index (χ2n) is 3.73. The van der Waals surface area contributed by atoms with Gasteiger partial charge in [-0.2, -0.15) is 0 Å². The molecule has 0 aliphatic rings. The van der Waals surface area contributed by atoms with Crippen molar-refractivity contribution in [3.05, 3.63) is 54.5 Å². The monoisotopic (exact) mass is 297 g/mol. The van der Waals surface area contributed by atoms with Gasteiger partial charge in [-0.1, -0.05) is 39.4 Å². The van der Waals surface area contributed by atoms with E-state index in [2.05, 4.69) is 15.9 Å². The molecular weight excluding hydrogens is 286 g/mol. The molecule has 84 valence electrons. The lowest BCUT2D eigenvalue weighted by Gasteiger charge is -2.05. The Labute approximate surface area is 107 Å². The maximum absolute atomic E-state index is 11.7. The second kappa shape index (κ2) is 4.55. The van der Waals surface area contributed by atoms with Crippen molar-refractivity contribution in [3.63, 3.8) is 0 Å². The summed E-state index contributed by atoms with van der Waals surface area (Å²) in [5.41, 5.74) is 2.20. The molecule has 0 saturated carbocycles. The normalized spacial score (nSPS) is 10.7. The molecule has 4 heteroatoms. The molecule has 2 aromatic rings. The fourth-order valence-electron chi connectivity index (χ4n) is 1.59. The molecule has 0 unspecified atom stereocenters. The number of aryl methyl sites for hydroxylation is 1. The zero-order valence-electron chi connectivity index (χ0n) is 9.16. The summed E-state index contributed by atoms with van der Waals surface area (Å²) in [6, 6.07) is 8.04. The fourth-order valence-corrected chi connectivity index (χ4v) is 2.87. The molecule has 1 aromatic carbocycles. The van der Waals surface area contributed by atoms with Crippen LogP contribution in [0.4, 0.5) is 0 Å². The minimum Gasteiger partial charge on any atom is -0.299 e. The molecule has 0 aliphatic carbocycles. The summed E-state index contributed by atoms with van der Waals surface area (Å²) >= 11 is 4.75. The highest BCUT2D eigenvalue weighted by Crippen LogP contribution is 2.15. The summed E-state index contributed by atoms with van der Waals surface area (Å²) in [6.07, 6.45) is 0. The van der Waals surface area contributed by atoms with Crippen LogP contribution in [-0.4, -0.2) is 4.57 Å². The van der Waals surface area contributed by atoms with Gasteiger partial charge < -0.3 is 0 Å². The zero-order chi connectivity index (χ0) is 11.7. The highest BCUT2D eigenvalue weighted by Gasteiger charge is 2.07. The first-order chi connectivity index (χ1) is 7.58. The van der Waals surface area contributed by atoms with E-state index in [0.29, 0.717) is 6.54 Å². The third-order valence-electron chi connectivity index (χ3n) is 2.60. The molecule has 0 atom stereocenters. The smallest absolute Gasteiger partial charge is 0.299 e. The van der Waals surface area contributed by atoms with Crippen LogP contribution in [0.15, 0.2) is 33.5 Å². The fraction of sp³-hybridized carbons (Fsp3) is 0.250. The minimum atomic E-state index is 0.120. The van der Waals surface area contributed by atoms with E-state index in [4.69, 9.17) is 0 Å². The Morgan fingerprint density at radius 3 is 2.69 bits per heavy atom. The van der Waals surface area contributed by atoms with Crippen molar-refractivity contribution >= 4 is 27.3 Å². The van der Waals surface area contributed by atoms with E-state index in [1.165, 1.54) is 11.3 Å². The number of aromatic nitrogens is 1. The molecule has 0 fully saturated rings. The first kappa shape index (κ1) is 11.6. The summed E-state index contributed by atoms with van der Waals surface area (Å²) in [7, 11) is 0. The summed E-state index contributed by atoms with van der Waals surface area (Å²) in [5.74, 6) is 0. The number of halogens is 1. The third kappa shape index (κ3) is 2.28. The largest absolute Gasteiger partial charge is 0.307 e. The molecule has 0 spiro atoms. The van der Waals surface area contributed by atoms with E-state index in [0.717, 1.165) is 20.6 Å². The highest BCUT2D eigenvalue weighted by molar-refractivity contribution is 9.10. The van der Waals surface area contributed by atoms with Crippen molar-refractivity contribution in [2.24, 2.45) is 0 Å². The maximum Gasteiger partial charge on any atom is 0.307 e. The predicted octanol–water partition coefficient (Wildman–Crippen LogP) is 3.34. The van der Waals surface area contributed by atoms with Crippen LogP contribution in [0.3, 0.4) is 0 Å². The van der Waals surface area contributed by atoms with Crippen LogP contribution in [0, 0.1) is 13.8 Å². The van der Waals surface area contributed by atoms with Crippen LogP contribution in [0.1, 0.15) is 16.1 Å². The van der Waals surface area contributed by atoms with Crippen LogP contribution in [0.5, 0.6) is 0 Å². The van der Waals surface area contributed by atoms with E-state index in [1.54, 1.807) is 0 Å². The average Bonchev–Trinajstić information content (AvgIpc) is 2.45. The number of hydrogen-bond acceptors (Lipinski definition) is 2. The summed E-state index contributed by atoms with van der Waals surface area (Å²) < 4.78 is 2.87. The van der Waals surface area contributed by atoms with Gasteiger partial charge in [0.2, 0.25) is 0 Å². The topological polar surface area (TPSA) is 22.0 Å². The maximum atomic E-state index is 11.7. The first-order valence-electron chi connectivity index (χ1n) is 4.99. The van der Waals surface area contributed by atoms with Gasteiger partial charge in [-0.15, -0.1) is 0 Å². The molecule has 1 aromatic heterocycles. The highest BCUT2D eigenvalue weighted by atomic mass is 79.9. The van der Waals surface area contributed by atoms with Gasteiger partial charge in [0.1, 0.15) is 0 Å². The van der Waals surface area contributed by atoms with Gasteiger partial charge in [0.15, 0.2) is 0 Å². The van der Waals surface area contributed by atoms with Crippen molar-refractivity contribution in [2.75, 3.05) is 0 Å². The lowest BCUT2D eigenvalue weighted by atomic mass is 10.2. The lowest BCUT2D eigenvalue weighted by Crippen LogP contribution is -2.15. The molecule has 2 nitrogen and oxygen atoms in total. The van der Waals surface area contributed by atoms with Crippen LogP contribution in [-0.2, 0) is 6.54 Å². The zero-order valence-corrected chi connectivity index (χ0v) is 11.6. The Morgan fingerprint density at radius 1 is 1.38 bits per heavy atom. The van der Waals surface area contributed by atoms with Gasteiger partial charge in [0, 0.05) is 15.0 Å². The second-order valence-corrected chi connectivity index (χ2v) is 5.81. The summed E-state index contributed by atoms with van der Waals surface area (Å²) in [5, 5.41) is 0. The number of thiazole rings is 1. The number of rotatable bonds is 2. The van der Waals surface area contributed by atoms with E-state index >= 15 is 0 Å². The Balaban J connectivity index is 2.38.